The predicted octanol–water partition coefficient (Wildman–Crippen LogP) is 2.76. The van der Waals surface area contributed by atoms with Gasteiger partial charge >= 0.3 is 0 Å². The van der Waals surface area contributed by atoms with E-state index in [1.807, 2.05) is 28.6 Å². The Balaban J connectivity index is 1.67. The van der Waals surface area contributed by atoms with E-state index in [9.17, 15) is 4.79 Å². The number of likely N-dealkylation sites (tertiary alicyclic amines) is 1. The summed E-state index contributed by atoms with van der Waals surface area (Å²) in [7, 11) is 1.93. The van der Waals surface area contributed by atoms with Gasteiger partial charge in [-0.25, -0.2) is 0 Å². The van der Waals surface area contributed by atoms with E-state index in [-0.39, 0.29) is 5.91 Å². The number of piperidine rings is 1. The number of hydrogen-bond acceptors (Lipinski definition) is 5. The Morgan fingerprint density at radius 3 is 2.54 bits per heavy atom. The molecule has 2 aromatic heterocycles. The molecule has 0 saturated carbocycles. The first-order chi connectivity index (χ1) is 11.6. The molecule has 0 unspecified atom stereocenters. The quantitative estimate of drug-likeness (QED) is 0.797. The number of pyridine rings is 1. The molecule has 1 fully saturated rings. The summed E-state index contributed by atoms with van der Waals surface area (Å²) in [5.74, 6) is 1.37. The Kier molecular flexibility index (Phi) is 5.18. The number of aromatic nitrogens is 4. The zero-order chi connectivity index (χ0) is 17.1. The smallest absolute Gasteiger partial charge is 0.233 e. The van der Waals surface area contributed by atoms with Gasteiger partial charge in [0.05, 0.1) is 5.75 Å². The monoisotopic (exact) mass is 345 g/mol. The normalized spacial score (nSPS) is 21.0. The van der Waals surface area contributed by atoms with Crippen LogP contribution in [-0.4, -0.2) is 48.4 Å². The third-order valence-corrected chi connectivity index (χ3v) is 5.58. The molecule has 24 heavy (non-hydrogen) atoms. The van der Waals surface area contributed by atoms with Crippen molar-refractivity contribution in [1.82, 2.24) is 24.6 Å². The van der Waals surface area contributed by atoms with Crippen LogP contribution in [0.2, 0.25) is 0 Å². The lowest BCUT2D eigenvalue weighted by Crippen LogP contribution is -2.48. The van der Waals surface area contributed by atoms with Gasteiger partial charge in [-0.15, -0.1) is 10.2 Å². The van der Waals surface area contributed by atoms with Crippen molar-refractivity contribution in [1.29, 1.82) is 0 Å². The SMILES string of the molecule is C[C@@H]1CCC[C@@H](C)N1C(=O)CSc1nnc(-c2ccncc2)n1C. The van der Waals surface area contributed by atoms with Crippen molar-refractivity contribution in [3.05, 3.63) is 24.5 Å². The van der Waals surface area contributed by atoms with Gasteiger partial charge in [0.15, 0.2) is 11.0 Å². The number of thioether (sulfide) groups is 1. The fraction of sp³-hybridized carbons (Fsp3) is 0.529. The molecular weight excluding hydrogens is 322 g/mol. The van der Waals surface area contributed by atoms with Crippen molar-refractivity contribution < 1.29 is 4.79 Å². The Bertz CT molecular complexity index is 692. The molecule has 0 radical (unpaired) electrons. The highest BCUT2D eigenvalue weighted by molar-refractivity contribution is 7.99. The highest BCUT2D eigenvalue weighted by atomic mass is 32.2. The van der Waals surface area contributed by atoms with Crippen molar-refractivity contribution in [2.45, 2.75) is 50.4 Å². The van der Waals surface area contributed by atoms with Gasteiger partial charge in [-0.3, -0.25) is 9.78 Å². The molecule has 0 aliphatic carbocycles. The molecule has 6 nitrogen and oxygen atoms in total. The fourth-order valence-corrected chi connectivity index (χ4v) is 4.09. The van der Waals surface area contributed by atoms with E-state index in [1.165, 1.54) is 18.2 Å². The summed E-state index contributed by atoms with van der Waals surface area (Å²) in [4.78, 5) is 18.7. The highest BCUT2D eigenvalue weighted by Gasteiger charge is 2.29. The van der Waals surface area contributed by atoms with Crippen LogP contribution in [-0.2, 0) is 11.8 Å². The van der Waals surface area contributed by atoms with Crippen molar-refractivity contribution in [2.24, 2.45) is 7.05 Å². The summed E-state index contributed by atoms with van der Waals surface area (Å²) in [6, 6.07) is 4.46. The number of hydrogen-bond donors (Lipinski definition) is 0. The van der Waals surface area contributed by atoms with Gasteiger partial charge in [-0.2, -0.15) is 0 Å². The maximum Gasteiger partial charge on any atom is 0.233 e. The Morgan fingerprint density at radius 2 is 1.88 bits per heavy atom. The first-order valence-electron chi connectivity index (χ1n) is 8.31. The summed E-state index contributed by atoms with van der Waals surface area (Å²) in [6.45, 7) is 4.28. The van der Waals surface area contributed by atoms with E-state index >= 15 is 0 Å². The molecule has 0 bridgehead atoms. The van der Waals surface area contributed by atoms with Crippen LogP contribution >= 0.6 is 11.8 Å². The van der Waals surface area contributed by atoms with Gasteiger partial charge in [0, 0.05) is 37.1 Å². The second-order valence-electron chi connectivity index (χ2n) is 6.32. The van der Waals surface area contributed by atoms with Gasteiger partial charge in [0.2, 0.25) is 5.91 Å². The molecule has 1 saturated heterocycles. The Morgan fingerprint density at radius 1 is 1.21 bits per heavy atom. The summed E-state index contributed by atoms with van der Waals surface area (Å²) >= 11 is 1.45. The average molecular weight is 345 g/mol. The van der Waals surface area contributed by atoms with Crippen molar-refractivity contribution in [3.8, 4) is 11.4 Å². The van der Waals surface area contributed by atoms with E-state index in [2.05, 4.69) is 29.0 Å². The van der Waals surface area contributed by atoms with Gasteiger partial charge in [-0.1, -0.05) is 11.8 Å². The van der Waals surface area contributed by atoms with Crippen LogP contribution in [0.4, 0.5) is 0 Å². The maximum absolute atomic E-state index is 12.6. The molecule has 3 heterocycles. The highest BCUT2D eigenvalue weighted by Crippen LogP contribution is 2.26. The molecule has 2 atom stereocenters. The van der Waals surface area contributed by atoms with Crippen molar-refractivity contribution in [2.75, 3.05) is 5.75 Å². The molecule has 1 aliphatic heterocycles. The average Bonchev–Trinajstić information content (AvgIpc) is 2.94. The summed E-state index contributed by atoms with van der Waals surface area (Å²) in [6.07, 6.45) is 6.87. The number of carbonyl (C=O) groups excluding carboxylic acids is 1. The van der Waals surface area contributed by atoms with Gasteiger partial charge in [-0.05, 0) is 45.2 Å². The minimum Gasteiger partial charge on any atom is -0.337 e. The molecule has 0 spiro atoms. The Labute approximate surface area is 146 Å². The molecule has 3 rings (SSSR count). The largest absolute Gasteiger partial charge is 0.337 e. The lowest BCUT2D eigenvalue weighted by Gasteiger charge is -2.39. The van der Waals surface area contributed by atoms with Crippen LogP contribution in [0.1, 0.15) is 33.1 Å². The van der Waals surface area contributed by atoms with E-state index in [1.54, 1.807) is 12.4 Å². The number of carbonyl (C=O) groups is 1. The standard InChI is InChI=1S/C17H23N5OS/c1-12-5-4-6-13(2)22(12)15(23)11-24-17-20-19-16(21(17)3)14-7-9-18-10-8-14/h7-10,12-13H,4-6,11H2,1-3H3/t12-,13-/m1/s1. The van der Waals surface area contributed by atoms with Crippen LogP contribution in [0.3, 0.4) is 0 Å². The third kappa shape index (κ3) is 3.45. The minimum absolute atomic E-state index is 0.188. The topological polar surface area (TPSA) is 63.9 Å². The van der Waals surface area contributed by atoms with E-state index in [0.717, 1.165) is 29.4 Å². The second-order valence-corrected chi connectivity index (χ2v) is 7.26. The number of amides is 1. The van der Waals surface area contributed by atoms with Crippen LogP contribution in [0.25, 0.3) is 11.4 Å². The molecule has 0 aromatic carbocycles. The van der Waals surface area contributed by atoms with E-state index in [0.29, 0.717) is 17.8 Å². The number of rotatable bonds is 4. The van der Waals surface area contributed by atoms with Gasteiger partial charge in [0.1, 0.15) is 0 Å². The molecule has 1 aliphatic rings. The first-order valence-corrected chi connectivity index (χ1v) is 9.30. The van der Waals surface area contributed by atoms with Crippen molar-refractivity contribution >= 4 is 17.7 Å². The lowest BCUT2D eigenvalue weighted by atomic mass is 9.98. The van der Waals surface area contributed by atoms with E-state index in [4.69, 9.17) is 0 Å². The molecule has 128 valence electrons. The molecule has 7 heteroatoms. The molecular formula is C17H23N5OS. The first kappa shape index (κ1) is 17.0. The molecule has 0 N–H and O–H groups in total. The minimum atomic E-state index is 0.188. The molecule has 2 aromatic rings. The van der Waals surface area contributed by atoms with Gasteiger partial charge < -0.3 is 9.47 Å². The fourth-order valence-electron chi connectivity index (χ4n) is 3.31. The second kappa shape index (κ2) is 7.34. The van der Waals surface area contributed by atoms with Crippen LogP contribution in [0.5, 0.6) is 0 Å². The van der Waals surface area contributed by atoms with Crippen LogP contribution < -0.4 is 0 Å². The third-order valence-electron chi connectivity index (χ3n) is 4.58. The summed E-state index contributed by atoms with van der Waals surface area (Å²) < 4.78 is 1.93. The maximum atomic E-state index is 12.6. The van der Waals surface area contributed by atoms with Gasteiger partial charge in [0.25, 0.3) is 0 Å². The predicted molar refractivity (Wildman–Crippen MR) is 94.6 cm³/mol. The van der Waals surface area contributed by atoms with Crippen LogP contribution in [0.15, 0.2) is 29.7 Å². The lowest BCUT2D eigenvalue weighted by molar-refractivity contribution is -0.134. The summed E-state index contributed by atoms with van der Waals surface area (Å²) in [5, 5.41) is 9.23. The zero-order valence-electron chi connectivity index (χ0n) is 14.3. The molecule has 1 amide bonds. The van der Waals surface area contributed by atoms with Crippen LogP contribution in [0, 0.1) is 0 Å². The van der Waals surface area contributed by atoms with Crippen molar-refractivity contribution in [3.63, 3.8) is 0 Å². The summed E-state index contributed by atoms with van der Waals surface area (Å²) in [5.41, 5.74) is 0.969. The van der Waals surface area contributed by atoms with E-state index < -0.39 is 0 Å². The number of nitrogens with zero attached hydrogens (tertiary/aromatic N) is 5. The Hall–Kier alpha value is -1.89. The zero-order valence-corrected chi connectivity index (χ0v) is 15.2.